The Bertz CT molecular complexity index is 400. The Morgan fingerprint density at radius 2 is 2.12 bits per heavy atom. The molecule has 1 heterocycles. The molecule has 0 radical (unpaired) electrons. The summed E-state index contributed by atoms with van der Waals surface area (Å²) in [7, 11) is 0. The molecule has 0 fully saturated rings. The van der Waals surface area contributed by atoms with E-state index in [4.69, 9.17) is 15.3 Å². The van der Waals surface area contributed by atoms with Gasteiger partial charge in [0, 0.05) is 19.2 Å². The Hall–Kier alpha value is -1.98. The van der Waals surface area contributed by atoms with Crippen molar-refractivity contribution in [2.45, 2.75) is 19.8 Å². The molecular weight excluding hydrogens is 224 g/mol. The molecule has 0 aliphatic rings. The van der Waals surface area contributed by atoms with E-state index in [1.165, 1.54) is 17.0 Å². The molecular formula is C11H16N2O4. The fraction of sp³-hybridized carbons (Fsp3) is 0.455. The van der Waals surface area contributed by atoms with Gasteiger partial charge >= 0.3 is 5.97 Å². The van der Waals surface area contributed by atoms with Gasteiger partial charge in [0.1, 0.15) is 0 Å². The van der Waals surface area contributed by atoms with E-state index in [9.17, 15) is 9.59 Å². The second kappa shape index (κ2) is 5.93. The number of nitrogens with zero attached hydrogens (tertiary/aromatic N) is 1. The summed E-state index contributed by atoms with van der Waals surface area (Å²) >= 11 is 0. The molecule has 3 N–H and O–H groups in total. The number of nitrogen functional groups attached to an aromatic ring is 1. The van der Waals surface area contributed by atoms with E-state index in [1.54, 1.807) is 0 Å². The first-order valence-corrected chi connectivity index (χ1v) is 5.41. The normalized spacial score (nSPS) is 10.2. The van der Waals surface area contributed by atoms with Gasteiger partial charge in [0.2, 0.25) is 0 Å². The Balaban J connectivity index is 2.69. The summed E-state index contributed by atoms with van der Waals surface area (Å²) < 4.78 is 5.02. The Morgan fingerprint density at radius 3 is 2.59 bits per heavy atom. The zero-order valence-corrected chi connectivity index (χ0v) is 9.68. The summed E-state index contributed by atoms with van der Waals surface area (Å²) in [6, 6.07) is 2.98. The highest BCUT2D eigenvalue weighted by atomic mass is 16.4. The van der Waals surface area contributed by atoms with Crippen molar-refractivity contribution in [2.75, 3.05) is 18.8 Å². The zero-order chi connectivity index (χ0) is 12.8. The third-order valence-corrected chi connectivity index (χ3v) is 2.21. The number of rotatable bonds is 6. The van der Waals surface area contributed by atoms with Gasteiger partial charge in [-0.1, -0.05) is 6.92 Å². The van der Waals surface area contributed by atoms with Crippen LogP contribution in [0.15, 0.2) is 16.5 Å². The second-order valence-corrected chi connectivity index (χ2v) is 3.64. The van der Waals surface area contributed by atoms with Gasteiger partial charge in [0.15, 0.2) is 11.6 Å². The van der Waals surface area contributed by atoms with Crippen LogP contribution in [-0.4, -0.2) is 35.0 Å². The first-order chi connectivity index (χ1) is 8.04. The van der Waals surface area contributed by atoms with Crippen LogP contribution in [0.2, 0.25) is 0 Å². The number of furan rings is 1. The molecule has 0 saturated carbocycles. The number of carboxylic acid groups (broad SMARTS) is 1. The molecule has 0 saturated heterocycles. The fourth-order valence-electron chi connectivity index (χ4n) is 1.44. The molecule has 6 nitrogen and oxygen atoms in total. The summed E-state index contributed by atoms with van der Waals surface area (Å²) in [4.78, 5) is 23.9. The van der Waals surface area contributed by atoms with Crippen LogP contribution < -0.4 is 5.73 Å². The van der Waals surface area contributed by atoms with E-state index in [0.29, 0.717) is 6.54 Å². The first kappa shape index (κ1) is 13.1. The van der Waals surface area contributed by atoms with Crippen LogP contribution >= 0.6 is 0 Å². The van der Waals surface area contributed by atoms with Crippen molar-refractivity contribution in [3.05, 3.63) is 17.9 Å². The van der Waals surface area contributed by atoms with Crippen molar-refractivity contribution in [1.82, 2.24) is 4.90 Å². The summed E-state index contributed by atoms with van der Waals surface area (Å²) in [5.74, 6) is -0.952. The van der Waals surface area contributed by atoms with E-state index in [-0.39, 0.29) is 30.5 Å². The van der Waals surface area contributed by atoms with E-state index in [2.05, 4.69) is 0 Å². The largest absolute Gasteiger partial charge is 0.481 e. The number of aliphatic carboxylic acids is 1. The Labute approximate surface area is 99.0 Å². The molecule has 1 rings (SSSR count). The van der Waals surface area contributed by atoms with Crippen molar-refractivity contribution < 1.29 is 19.1 Å². The number of amides is 1. The van der Waals surface area contributed by atoms with Crippen LogP contribution in [0, 0.1) is 0 Å². The molecule has 0 bridgehead atoms. The maximum absolute atomic E-state index is 11.9. The Kier molecular flexibility index (Phi) is 4.56. The van der Waals surface area contributed by atoms with Crippen LogP contribution in [0.4, 0.5) is 5.88 Å². The van der Waals surface area contributed by atoms with Crippen molar-refractivity contribution >= 4 is 17.8 Å². The highest BCUT2D eigenvalue weighted by molar-refractivity contribution is 5.92. The lowest BCUT2D eigenvalue weighted by molar-refractivity contribution is -0.137. The van der Waals surface area contributed by atoms with Crippen LogP contribution in [0.3, 0.4) is 0 Å². The minimum atomic E-state index is -0.933. The van der Waals surface area contributed by atoms with Crippen molar-refractivity contribution in [3.63, 3.8) is 0 Å². The topological polar surface area (TPSA) is 96.8 Å². The lowest BCUT2D eigenvalue weighted by Gasteiger charge is -2.19. The maximum atomic E-state index is 11.9. The van der Waals surface area contributed by atoms with Crippen molar-refractivity contribution in [1.29, 1.82) is 0 Å². The molecule has 0 aliphatic carbocycles. The van der Waals surface area contributed by atoms with Gasteiger partial charge in [-0.25, -0.2) is 0 Å². The number of carbonyl (C=O) groups is 2. The average molecular weight is 240 g/mol. The van der Waals surface area contributed by atoms with E-state index in [0.717, 1.165) is 6.42 Å². The SMILES string of the molecule is CCCN(CCC(=O)O)C(=O)c1ccc(N)o1. The van der Waals surface area contributed by atoms with Gasteiger partial charge in [-0.2, -0.15) is 0 Å². The predicted molar refractivity (Wildman–Crippen MR) is 61.6 cm³/mol. The molecule has 1 aromatic rings. The monoisotopic (exact) mass is 240 g/mol. The van der Waals surface area contributed by atoms with Gasteiger partial charge in [-0.3, -0.25) is 9.59 Å². The van der Waals surface area contributed by atoms with Gasteiger partial charge in [0.05, 0.1) is 6.42 Å². The van der Waals surface area contributed by atoms with Gasteiger partial charge < -0.3 is 20.2 Å². The second-order valence-electron chi connectivity index (χ2n) is 3.64. The number of nitrogens with two attached hydrogens (primary N) is 1. The highest BCUT2D eigenvalue weighted by Gasteiger charge is 2.18. The third-order valence-electron chi connectivity index (χ3n) is 2.21. The first-order valence-electron chi connectivity index (χ1n) is 5.41. The average Bonchev–Trinajstić information content (AvgIpc) is 2.70. The molecule has 94 valence electrons. The van der Waals surface area contributed by atoms with Crippen molar-refractivity contribution in [2.24, 2.45) is 0 Å². The minimum Gasteiger partial charge on any atom is -0.481 e. The number of hydrogen-bond donors (Lipinski definition) is 2. The molecule has 1 amide bonds. The maximum Gasteiger partial charge on any atom is 0.305 e. The van der Waals surface area contributed by atoms with Crippen LogP contribution in [0.25, 0.3) is 0 Å². The lowest BCUT2D eigenvalue weighted by atomic mass is 10.3. The lowest BCUT2D eigenvalue weighted by Crippen LogP contribution is -2.33. The summed E-state index contributed by atoms with van der Waals surface area (Å²) in [6.45, 7) is 2.58. The third kappa shape index (κ3) is 3.82. The van der Waals surface area contributed by atoms with E-state index in [1.807, 2.05) is 6.92 Å². The molecule has 0 atom stereocenters. The standard InChI is InChI=1S/C11H16N2O4/c1-2-6-13(7-5-10(14)15)11(16)8-3-4-9(12)17-8/h3-4H,2,5-7,12H2,1H3,(H,14,15). The van der Waals surface area contributed by atoms with E-state index >= 15 is 0 Å². The minimum absolute atomic E-state index is 0.0814. The van der Waals surface area contributed by atoms with Gasteiger partial charge in [-0.15, -0.1) is 0 Å². The van der Waals surface area contributed by atoms with E-state index < -0.39 is 5.97 Å². The Morgan fingerprint density at radius 1 is 1.41 bits per heavy atom. The molecule has 0 aliphatic heterocycles. The summed E-state index contributed by atoms with van der Waals surface area (Å²) in [5, 5.41) is 8.61. The van der Waals surface area contributed by atoms with Crippen LogP contribution in [-0.2, 0) is 4.79 Å². The fourth-order valence-corrected chi connectivity index (χ4v) is 1.44. The molecule has 1 aromatic heterocycles. The highest BCUT2D eigenvalue weighted by Crippen LogP contribution is 2.12. The van der Waals surface area contributed by atoms with Crippen LogP contribution in [0.5, 0.6) is 0 Å². The summed E-state index contributed by atoms with van der Waals surface area (Å²) in [6.07, 6.45) is 0.670. The molecule has 6 heteroatoms. The van der Waals surface area contributed by atoms with Crippen molar-refractivity contribution in [3.8, 4) is 0 Å². The predicted octanol–water partition coefficient (Wildman–Crippen LogP) is 1.19. The van der Waals surface area contributed by atoms with Crippen LogP contribution in [0.1, 0.15) is 30.3 Å². The molecule has 0 spiro atoms. The summed E-state index contributed by atoms with van der Waals surface area (Å²) in [5.41, 5.74) is 5.38. The number of carbonyl (C=O) groups excluding carboxylic acids is 1. The zero-order valence-electron chi connectivity index (χ0n) is 9.68. The molecule has 17 heavy (non-hydrogen) atoms. The number of anilines is 1. The quantitative estimate of drug-likeness (QED) is 0.778. The number of carboxylic acids is 1. The smallest absolute Gasteiger partial charge is 0.305 e. The number of hydrogen-bond acceptors (Lipinski definition) is 4. The molecule has 0 aromatic carbocycles. The van der Waals surface area contributed by atoms with Gasteiger partial charge in [0.25, 0.3) is 5.91 Å². The molecule has 0 unspecified atom stereocenters. The van der Waals surface area contributed by atoms with Gasteiger partial charge in [-0.05, 0) is 12.5 Å².